The van der Waals surface area contributed by atoms with Crippen molar-refractivity contribution < 1.29 is 62.6 Å². The molecular weight excluding hydrogens is 458 g/mol. The van der Waals surface area contributed by atoms with E-state index < -0.39 is 72.7 Å². The molecule has 1 rings (SSSR count). The Morgan fingerprint density at radius 3 is 2.07 bits per heavy atom. The molecule has 16 heteroatoms. The first-order valence-electron chi connectivity index (χ1n) is 7.19. The zero-order chi connectivity index (χ0) is 21.9. The quantitative estimate of drug-likeness (QED) is 0.218. The Hall–Kier alpha value is -1.00. The molecule has 1 fully saturated rings. The maximum absolute atomic E-state index is 12.2. The highest BCUT2D eigenvalue weighted by Gasteiger charge is 2.68. The average molecular weight is 474 g/mol. The van der Waals surface area contributed by atoms with Crippen LogP contribution in [0.25, 0.3) is 0 Å². The van der Waals surface area contributed by atoms with Crippen molar-refractivity contribution in [2.45, 2.75) is 42.2 Å². The van der Waals surface area contributed by atoms with E-state index in [0.29, 0.717) is 0 Å². The highest BCUT2D eigenvalue weighted by atomic mass is 35.5. The van der Waals surface area contributed by atoms with E-state index in [9.17, 15) is 45.0 Å². The normalized spacial score (nSPS) is 33.3. The molecule has 0 amide bonds. The van der Waals surface area contributed by atoms with Gasteiger partial charge >= 0.3 is 17.9 Å². The second kappa shape index (κ2) is 9.67. The van der Waals surface area contributed by atoms with Crippen molar-refractivity contribution in [3.05, 3.63) is 0 Å². The number of halogens is 3. The Kier molecular flexibility index (Phi) is 8.64. The van der Waals surface area contributed by atoms with E-state index in [-0.39, 0.29) is 0 Å². The summed E-state index contributed by atoms with van der Waals surface area (Å²) in [6.07, 6.45) is -10.2. The topological polar surface area (TPSA) is 210 Å². The third kappa shape index (κ3) is 4.43. The largest absolute Gasteiger partial charge is 0.394 e. The Balaban J connectivity index is 3.62. The van der Waals surface area contributed by atoms with Gasteiger partial charge in [-0.2, -0.15) is 0 Å². The molecule has 7 atom stereocenters. The lowest BCUT2D eigenvalue weighted by Crippen LogP contribution is -2.73. The maximum atomic E-state index is 12.2. The van der Waals surface area contributed by atoms with Crippen LogP contribution in [0.4, 0.5) is 0 Å². The van der Waals surface area contributed by atoms with Crippen LogP contribution >= 0.6 is 35.6 Å². The maximum Gasteiger partial charge on any atom is 0.357 e. The van der Waals surface area contributed by atoms with Gasteiger partial charge in [0.05, 0.1) is 13.0 Å². The molecule has 162 valence electrons. The molecular formula is C12H15Cl3O13. The van der Waals surface area contributed by atoms with Crippen molar-refractivity contribution >= 4 is 53.5 Å². The van der Waals surface area contributed by atoms with Gasteiger partial charge in [0.25, 0.3) is 0 Å². The molecule has 0 aliphatic carbocycles. The Labute approximate surface area is 171 Å². The van der Waals surface area contributed by atoms with Gasteiger partial charge in [0, 0.05) is 0 Å². The average Bonchev–Trinajstić information content (AvgIpc) is 2.68. The summed E-state index contributed by atoms with van der Waals surface area (Å²) in [5.74, 6) is -11.7. The van der Waals surface area contributed by atoms with Gasteiger partial charge in [0.1, 0.15) is 60.0 Å². The molecule has 0 bridgehead atoms. The molecule has 0 aromatic heterocycles. The van der Waals surface area contributed by atoms with Gasteiger partial charge in [-0.25, -0.2) is 9.59 Å². The summed E-state index contributed by atoms with van der Waals surface area (Å²) in [5, 5.41) is 60.4. The molecule has 1 aliphatic heterocycles. The third-order valence-electron chi connectivity index (χ3n) is 4.12. The molecule has 1 heterocycles. The number of carbonyl (C=O) groups excluding carboxylic acids is 3. The van der Waals surface area contributed by atoms with Gasteiger partial charge in [-0.15, -0.1) is 0 Å². The number of ether oxygens (including phenoxy) is 1. The van der Waals surface area contributed by atoms with Crippen molar-refractivity contribution in [1.29, 1.82) is 0 Å². The molecule has 0 saturated carbocycles. The molecule has 0 aromatic carbocycles. The fourth-order valence-electron chi connectivity index (χ4n) is 2.77. The molecule has 28 heavy (non-hydrogen) atoms. The molecule has 3 unspecified atom stereocenters. The molecule has 0 radical (unpaired) electrons. The standard InChI is InChI=1S/C12H15Cl3O13/c13-26-4(17)1-11(23,10(22)28-15)7(9(21)27-14)12(24)8(20)6(19)5(18)3(2-16)25-12/h3,5-8,16,18-20,23-24H,1-2H2/t3-,5-,6+,7?,8-,11?,12?/m1/s1. The van der Waals surface area contributed by atoms with E-state index >= 15 is 0 Å². The first-order chi connectivity index (χ1) is 12.9. The number of aliphatic hydroxyl groups is 6. The highest BCUT2D eigenvalue weighted by Crippen LogP contribution is 2.42. The van der Waals surface area contributed by atoms with E-state index in [1.165, 1.54) is 0 Å². The highest BCUT2D eigenvalue weighted by molar-refractivity contribution is 6.17. The number of hydrogen-bond acceptors (Lipinski definition) is 13. The van der Waals surface area contributed by atoms with Crippen molar-refractivity contribution in [2.24, 2.45) is 5.92 Å². The van der Waals surface area contributed by atoms with Crippen molar-refractivity contribution in [3.63, 3.8) is 0 Å². The minimum atomic E-state index is -3.49. The number of rotatable bonds is 7. The molecule has 0 aromatic rings. The van der Waals surface area contributed by atoms with Gasteiger partial charge in [0.2, 0.25) is 5.79 Å². The van der Waals surface area contributed by atoms with Gasteiger partial charge < -0.3 is 48.2 Å². The Morgan fingerprint density at radius 2 is 1.64 bits per heavy atom. The van der Waals surface area contributed by atoms with Crippen molar-refractivity contribution in [1.82, 2.24) is 0 Å². The van der Waals surface area contributed by atoms with Gasteiger partial charge in [-0.1, -0.05) is 0 Å². The molecule has 1 aliphatic rings. The summed E-state index contributed by atoms with van der Waals surface area (Å²) in [4.78, 5) is 35.7. The van der Waals surface area contributed by atoms with Crippen molar-refractivity contribution in [3.8, 4) is 0 Å². The second-order valence-electron chi connectivity index (χ2n) is 5.76. The molecule has 6 N–H and O–H groups in total. The molecule has 13 nitrogen and oxygen atoms in total. The summed E-state index contributed by atoms with van der Waals surface area (Å²) in [6.45, 7) is -1.07. The monoisotopic (exact) mass is 472 g/mol. The van der Waals surface area contributed by atoms with E-state index in [2.05, 4.69) is 12.9 Å². The first-order valence-corrected chi connectivity index (χ1v) is 8.11. The first kappa shape index (κ1) is 25.0. The minimum Gasteiger partial charge on any atom is -0.394 e. The van der Waals surface area contributed by atoms with Crippen LogP contribution in [0.2, 0.25) is 0 Å². The SMILES string of the molecule is O=C(CC(O)(C(=O)OCl)C(C(=O)OCl)C1(O)O[C@H](CO)[C@@H](O)[C@H](O)[C@H]1O)OCl. The number of aliphatic hydroxyl groups excluding tert-OH is 4. The Morgan fingerprint density at radius 1 is 1.07 bits per heavy atom. The van der Waals surface area contributed by atoms with E-state index in [0.717, 1.165) is 0 Å². The summed E-state index contributed by atoms with van der Waals surface area (Å²) in [5.41, 5.74) is -3.49. The lowest BCUT2D eigenvalue weighted by molar-refractivity contribution is -0.375. The number of hydrogen-bond donors (Lipinski definition) is 6. The molecule has 0 spiro atoms. The zero-order valence-electron chi connectivity index (χ0n) is 13.5. The fraction of sp³-hybridized carbons (Fsp3) is 0.750. The second-order valence-corrected chi connectivity index (χ2v) is 6.22. The predicted molar refractivity (Wildman–Crippen MR) is 83.8 cm³/mol. The summed E-state index contributed by atoms with van der Waals surface area (Å²) >= 11 is 14.7. The van der Waals surface area contributed by atoms with Gasteiger partial charge in [-0.05, 0) is 0 Å². The summed E-state index contributed by atoms with van der Waals surface area (Å²) < 4.78 is 16.2. The molecule has 1 saturated heterocycles. The van der Waals surface area contributed by atoms with Crippen LogP contribution in [0.15, 0.2) is 0 Å². The Bertz CT molecular complexity index is 603. The van der Waals surface area contributed by atoms with Crippen LogP contribution in [0.5, 0.6) is 0 Å². The van der Waals surface area contributed by atoms with E-state index in [4.69, 9.17) is 40.3 Å². The lowest BCUT2D eigenvalue weighted by Gasteiger charge is -2.50. The zero-order valence-corrected chi connectivity index (χ0v) is 15.7. The summed E-state index contributed by atoms with van der Waals surface area (Å²) in [7, 11) is 0. The van der Waals surface area contributed by atoms with Crippen LogP contribution in [0, 0.1) is 5.92 Å². The van der Waals surface area contributed by atoms with Crippen molar-refractivity contribution in [2.75, 3.05) is 6.61 Å². The third-order valence-corrected chi connectivity index (χ3v) is 4.59. The summed E-state index contributed by atoms with van der Waals surface area (Å²) in [6, 6.07) is 0. The van der Waals surface area contributed by atoms with Crippen LogP contribution in [-0.4, -0.2) is 91.0 Å². The fourth-order valence-corrected chi connectivity index (χ4v) is 3.05. The van der Waals surface area contributed by atoms with Crippen LogP contribution < -0.4 is 0 Å². The van der Waals surface area contributed by atoms with Crippen LogP contribution in [0.3, 0.4) is 0 Å². The van der Waals surface area contributed by atoms with E-state index in [1.807, 2.05) is 0 Å². The van der Waals surface area contributed by atoms with Crippen LogP contribution in [-0.2, 0) is 32.0 Å². The van der Waals surface area contributed by atoms with Gasteiger partial charge in [-0.3, -0.25) is 4.79 Å². The predicted octanol–water partition coefficient (Wildman–Crippen LogP) is -3.02. The van der Waals surface area contributed by atoms with Crippen LogP contribution in [0.1, 0.15) is 6.42 Å². The lowest BCUT2D eigenvalue weighted by atomic mass is 9.73. The smallest absolute Gasteiger partial charge is 0.357 e. The van der Waals surface area contributed by atoms with Gasteiger partial charge in [0.15, 0.2) is 11.5 Å². The number of carbonyl (C=O) groups is 3. The van der Waals surface area contributed by atoms with E-state index in [1.54, 1.807) is 0 Å². The minimum absolute atomic E-state index is 1.07.